The van der Waals surface area contributed by atoms with Gasteiger partial charge in [0.15, 0.2) is 0 Å². The molecule has 35 heavy (non-hydrogen) atoms. The van der Waals surface area contributed by atoms with E-state index in [-0.39, 0.29) is 11.8 Å². The van der Waals surface area contributed by atoms with Crippen molar-refractivity contribution in [3.63, 3.8) is 0 Å². The number of aromatic nitrogens is 2. The summed E-state index contributed by atoms with van der Waals surface area (Å²) in [4.78, 5) is 28.7. The highest BCUT2D eigenvalue weighted by Crippen LogP contribution is 2.40. The van der Waals surface area contributed by atoms with Gasteiger partial charge in [-0.3, -0.25) is 14.3 Å². The minimum Gasteiger partial charge on any atom is -0.493 e. The molecule has 7 heteroatoms. The Labute approximate surface area is 208 Å². The Morgan fingerprint density at radius 3 is 2.71 bits per heavy atom. The van der Waals surface area contributed by atoms with Crippen LogP contribution >= 0.6 is 0 Å². The number of fused-ring (bicyclic) bond motifs is 1. The number of carbonyl (C=O) groups is 2. The largest absolute Gasteiger partial charge is 0.493 e. The maximum atomic E-state index is 13.4. The van der Waals surface area contributed by atoms with Crippen molar-refractivity contribution in [2.45, 2.75) is 77.2 Å². The Bertz CT molecular complexity index is 1050. The smallest absolute Gasteiger partial charge is 0.272 e. The second-order valence-electron chi connectivity index (χ2n) is 10.4. The molecule has 5 rings (SSSR count). The predicted octanol–water partition coefficient (Wildman–Crippen LogP) is 4.31. The maximum Gasteiger partial charge on any atom is 0.272 e. The number of nitrogens with one attached hydrogen (secondary N) is 1. The van der Waals surface area contributed by atoms with Gasteiger partial charge in [0.25, 0.3) is 5.91 Å². The molecule has 188 valence electrons. The van der Waals surface area contributed by atoms with Gasteiger partial charge >= 0.3 is 0 Å². The number of ether oxygens (including phenoxy) is 1. The van der Waals surface area contributed by atoms with Crippen LogP contribution in [0.25, 0.3) is 0 Å². The number of nitrogens with zero attached hydrogens (tertiary/aromatic N) is 3. The van der Waals surface area contributed by atoms with Crippen molar-refractivity contribution in [1.29, 1.82) is 0 Å². The van der Waals surface area contributed by atoms with Crippen LogP contribution in [0.5, 0.6) is 5.75 Å². The zero-order valence-electron chi connectivity index (χ0n) is 20.9. The summed E-state index contributed by atoms with van der Waals surface area (Å²) in [6.07, 6.45) is 8.40. The van der Waals surface area contributed by atoms with Crippen molar-refractivity contribution in [1.82, 2.24) is 20.0 Å². The third kappa shape index (κ3) is 5.24. The highest BCUT2D eigenvalue weighted by atomic mass is 16.5. The predicted molar refractivity (Wildman–Crippen MR) is 135 cm³/mol. The van der Waals surface area contributed by atoms with E-state index in [9.17, 15) is 9.59 Å². The average molecular weight is 479 g/mol. The molecule has 1 aromatic heterocycles. The molecule has 1 aliphatic carbocycles. The average Bonchev–Trinajstić information content (AvgIpc) is 3.65. The summed E-state index contributed by atoms with van der Waals surface area (Å²) in [7, 11) is 0. The molecule has 0 unspecified atom stereocenters. The van der Waals surface area contributed by atoms with Crippen LogP contribution in [0.1, 0.15) is 86.0 Å². The van der Waals surface area contributed by atoms with Crippen molar-refractivity contribution >= 4 is 11.8 Å². The quantitative estimate of drug-likeness (QED) is 0.713. The lowest BCUT2D eigenvalue weighted by Gasteiger charge is -2.41. The number of likely N-dealkylation sites (tertiary alicyclic amines) is 1. The van der Waals surface area contributed by atoms with Crippen LogP contribution in [-0.2, 0) is 17.8 Å². The lowest BCUT2D eigenvalue weighted by Crippen LogP contribution is -2.50. The maximum absolute atomic E-state index is 13.4. The molecule has 2 fully saturated rings. The Balaban J connectivity index is 1.25. The van der Waals surface area contributed by atoms with Crippen molar-refractivity contribution in [2.24, 2.45) is 5.41 Å². The van der Waals surface area contributed by atoms with E-state index in [2.05, 4.69) is 22.5 Å². The minimum absolute atomic E-state index is 0.0555. The van der Waals surface area contributed by atoms with Gasteiger partial charge in [-0.05, 0) is 76.0 Å². The number of aryl methyl sites for hydroxylation is 2. The highest BCUT2D eigenvalue weighted by Gasteiger charge is 2.42. The number of amides is 2. The highest BCUT2D eigenvalue weighted by molar-refractivity contribution is 5.93. The molecule has 2 aliphatic heterocycles. The lowest BCUT2D eigenvalue weighted by molar-refractivity contribution is -0.134. The summed E-state index contributed by atoms with van der Waals surface area (Å²) in [6.45, 7) is 5.18. The molecule has 3 aliphatic rings. The summed E-state index contributed by atoms with van der Waals surface area (Å²) < 4.78 is 7.85. The van der Waals surface area contributed by atoms with Crippen LogP contribution in [0.4, 0.5) is 0 Å². The number of carbonyl (C=O) groups excluding carboxylic acids is 2. The molecule has 1 N–H and O–H groups in total. The second-order valence-corrected chi connectivity index (χ2v) is 10.4. The third-order valence-corrected chi connectivity index (χ3v) is 7.99. The van der Waals surface area contributed by atoms with Crippen LogP contribution < -0.4 is 10.1 Å². The molecule has 1 aromatic carbocycles. The Kier molecular flexibility index (Phi) is 7.12. The number of hydrogen-bond donors (Lipinski definition) is 1. The molecular weight excluding hydrogens is 440 g/mol. The number of rotatable bonds is 3. The van der Waals surface area contributed by atoms with E-state index in [1.807, 2.05) is 34.7 Å². The molecule has 0 atom stereocenters. The first kappa shape index (κ1) is 23.9. The fourth-order valence-corrected chi connectivity index (χ4v) is 5.59. The zero-order chi connectivity index (χ0) is 24.3. The summed E-state index contributed by atoms with van der Waals surface area (Å²) in [6, 6.07) is 10.3. The normalized spacial score (nSPS) is 21.2. The number of hydrogen-bond acceptors (Lipinski definition) is 4. The fraction of sp³-hybridized carbons (Fsp3) is 0.607. The van der Waals surface area contributed by atoms with Gasteiger partial charge in [0.1, 0.15) is 11.4 Å². The first-order valence-electron chi connectivity index (χ1n) is 13.5. The van der Waals surface area contributed by atoms with Crippen LogP contribution in [0.2, 0.25) is 0 Å². The van der Waals surface area contributed by atoms with Crippen LogP contribution in [0, 0.1) is 5.41 Å². The van der Waals surface area contributed by atoms with Crippen LogP contribution in [0.3, 0.4) is 0 Å². The third-order valence-electron chi connectivity index (χ3n) is 7.99. The number of para-hydroxylation sites is 1. The molecule has 7 nitrogen and oxygen atoms in total. The van der Waals surface area contributed by atoms with Crippen LogP contribution in [-0.4, -0.2) is 52.7 Å². The molecule has 0 bridgehead atoms. The number of piperidine rings is 1. The summed E-state index contributed by atoms with van der Waals surface area (Å²) in [5.41, 5.74) is 2.61. The van der Waals surface area contributed by atoms with Gasteiger partial charge in [-0.2, -0.15) is 5.10 Å². The van der Waals surface area contributed by atoms with E-state index in [0.717, 1.165) is 43.5 Å². The van der Waals surface area contributed by atoms with E-state index in [1.54, 1.807) is 0 Å². The molecular formula is C28H38N4O3. The van der Waals surface area contributed by atoms with E-state index < -0.39 is 5.41 Å². The minimum atomic E-state index is -0.393. The van der Waals surface area contributed by atoms with Crippen molar-refractivity contribution in [2.75, 3.05) is 26.2 Å². The second kappa shape index (κ2) is 10.4. The Hall–Kier alpha value is -2.83. The molecule has 2 aromatic rings. The van der Waals surface area contributed by atoms with E-state index in [1.165, 1.54) is 18.4 Å². The van der Waals surface area contributed by atoms with Gasteiger partial charge in [-0.1, -0.05) is 24.6 Å². The fourth-order valence-electron chi connectivity index (χ4n) is 5.59. The molecule has 1 spiro atoms. The topological polar surface area (TPSA) is 76.5 Å². The van der Waals surface area contributed by atoms with Crippen molar-refractivity contribution in [3.05, 3.63) is 47.3 Å². The summed E-state index contributed by atoms with van der Waals surface area (Å²) in [5, 5.41) is 7.86. The van der Waals surface area contributed by atoms with Gasteiger partial charge < -0.3 is 15.0 Å². The number of benzene rings is 1. The van der Waals surface area contributed by atoms with Crippen molar-refractivity contribution in [3.8, 4) is 5.75 Å². The summed E-state index contributed by atoms with van der Waals surface area (Å²) >= 11 is 0. The van der Waals surface area contributed by atoms with Gasteiger partial charge in [0.05, 0.1) is 17.7 Å². The van der Waals surface area contributed by atoms with Gasteiger partial charge in [0, 0.05) is 32.1 Å². The standard InChI is InChI=1S/C28H38N4O3/c1-2-32-24(20-23(30-32)21-11-12-21)26(33)31-17-14-28(15-18-31)13-6-5-9-22-8-3-4-10-25(22)35-19-7-16-29-27(28)34/h3-4,8,10,20-21H,2,5-7,9,11-19H2,1H3,(H,29,34). The zero-order valence-corrected chi connectivity index (χ0v) is 20.9. The SMILES string of the molecule is CCn1nc(C2CC2)cc1C(=O)N1CCC2(CCCCc3ccccc3OCCCNC2=O)CC1. The van der Waals surface area contributed by atoms with E-state index in [0.29, 0.717) is 57.2 Å². The Morgan fingerprint density at radius 2 is 1.94 bits per heavy atom. The molecule has 3 heterocycles. The molecule has 1 saturated carbocycles. The Morgan fingerprint density at radius 1 is 1.14 bits per heavy atom. The molecule has 0 radical (unpaired) electrons. The van der Waals surface area contributed by atoms with Gasteiger partial charge in [-0.15, -0.1) is 0 Å². The first-order chi connectivity index (χ1) is 17.1. The summed E-state index contributed by atoms with van der Waals surface area (Å²) in [5.74, 6) is 1.70. The van der Waals surface area contributed by atoms with Crippen LogP contribution in [0.15, 0.2) is 30.3 Å². The molecule has 2 amide bonds. The van der Waals surface area contributed by atoms with Gasteiger partial charge in [-0.25, -0.2) is 0 Å². The lowest BCUT2D eigenvalue weighted by atomic mass is 9.73. The van der Waals surface area contributed by atoms with E-state index in [4.69, 9.17) is 4.74 Å². The van der Waals surface area contributed by atoms with Gasteiger partial charge in [0.2, 0.25) is 5.91 Å². The van der Waals surface area contributed by atoms with Crippen molar-refractivity contribution < 1.29 is 14.3 Å². The molecule has 1 saturated heterocycles. The van der Waals surface area contributed by atoms with E-state index >= 15 is 0 Å². The monoisotopic (exact) mass is 478 g/mol. The first-order valence-corrected chi connectivity index (χ1v) is 13.5.